The van der Waals surface area contributed by atoms with Crippen LogP contribution < -0.4 is 15.8 Å². The molecule has 1 fully saturated rings. The number of amides is 1. The molecule has 0 bridgehead atoms. The van der Waals surface area contributed by atoms with E-state index in [4.69, 9.17) is 23.2 Å². The van der Waals surface area contributed by atoms with Gasteiger partial charge in [0.2, 0.25) is 5.91 Å². The molecule has 0 radical (unpaired) electrons. The minimum absolute atomic E-state index is 0.0978. The van der Waals surface area contributed by atoms with Crippen molar-refractivity contribution >= 4 is 51.4 Å². The largest absolute Gasteiger partial charge is 0.366 e. The summed E-state index contributed by atoms with van der Waals surface area (Å²) >= 11 is 12.6. The fraction of sp³-hybridized carbons (Fsp3) is 0.185. The van der Waals surface area contributed by atoms with E-state index in [0.29, 0.717) is 34.5 Å². The normalized spacial score (nSPS) is 15.9. The first kappa shape index (κ1) is 22.5. The number of hydrogen-bond acceptors (Lipinski definition) is 3. The van der Waals surface area contributed by atoms with Crippen molar-refractivity contribution in [2.75, 3.05) is 23.3 Å². The molecule has 1 saturated heterocycles. The van der Waals surface area contributed by atoms with Gasteiger partial charge in [0.05, 0.1) is 16.6 Å². The number of aromatic amines is 1. The van der Waals surface area contributed by atoms with Crippen molar-refractivity contribution in [1.29, 1.82) is 0 Å². The van der Waals surface area contributed by atoms with Gasteiger partial charge >= 0.3 is 0 Å². The minimum Gasteiger partial charge on any atom is -0.366 e. The minimum atomic E-state index is -0.275. The number of para-hydroxylation sites is 1. The Balaban J connectivity index is 1.55. The number of H-pyrrole nitrogens is 1. The molecule has 2 heterocycles. The van der Waals surface area contributed by atoms with E-state index in [2.05, 4.69) is 10.3 Å². The Morgan fingerprint density at radius 3 is 2.56 bits per heavy atom. The molecule has 4 aromatic rings. The lowest BCUT2D eigenvalue weighted by atomic mass is 9.93. The number of benzene rings is 3. The van der Waals surface area contributed by atoms with Gasteiger partial charge in [-0.2, -0.15) is 0 Å². The number of nitrogens with one attached hydrogen (secondary N) is 2. The Morgan fingerprint density at radius 1 is 1.00 bits per heavy atom. The zero-order valence-electron chi connectivity index (χ0n) is 18.4. The molecular weight excluding hydrogens is 469 g/mol. The van der Waals surface area contributed by atoms with Gasteiger partial charge in [0.1, 0.15) is 5.69 Å². The van der Waals surface area contributed by atoms with Crippen LogP contribution in [0, 0.1) is 5.92 Å². The smallest absolute Gasteiger partial charge is 0.272 e. The van der Waals surface area contributed by atoms with E-state index in [-0.39, 0.29) is 17.4 Å². The quantitative estimate of drug-likeness (QED) is 0.349. The number of anilines is 2. The molecule has 5 nitrogen and oxygen atoms in total. The molecule has 7 heteroatoms. The maximum Gasteiger partial charge on any atom is 0.272 e. The van der Waals surface area contributed by atoms with Gasteiger partial charge in [0.25, 0.3) is 5.56 Å². The fourth-order valence-corrected chi connectivity index (χ4v) is 5.00. The van der Waals surface area contributed by atoms with Crippen molar-refractivity contribution in [3.63, 3.8) is 0 Å². The lowest BCUT2D eigenvalue weighted by Crippen LogP contribution is -2.43. The Kier molecular flexibility index (Phi) is 6.31. The van der Waals surface area contributed by atoms with Crippen LogP contribution in [0.1, 0.15) is 12.8 Å². The predicted octanol–water partition coefficient (Wildman–Crippen LogP) is 6.36. The third kappa shape index (κ3) is 4.41. The van der Waals surface area contributed by atoms with Crippen LogP contribution in [0.25, 0.3) is 22.0 Å². The molecule has 5 rings (SSSR count). The molecule has 1 atom stereocenters. The average Bonchev–Trinajstić information content (AvgIpc) is 2.85. The monoisotopic (exact) mass is 491 g/mol. The standard InChI is InChI=1S/C27H23Cl2N3O2/c28-19-12-13-22-20(15-19)24(17-7-2-1-3-8-17)25(27(34)30-22)32-14-6-9-18(16-32)26(33)31-23-11-5-4-10-21(23)29/h1-5,7-8,10-13,15,18H,6,9,14,16H2,(H,30,34)(H,31,33)/t18-/m0/s1. The molecule has 34 heavy (non-hydrogen) atoms. The van der Waals surface area contributed by atoms with Gasteiger partial charge < -0.3 is 15.2 Å². The summed E-state index contributed by atoms with van der Waals surface area (Å²) in [7, 11) is 0. The Hall–Kier alpha value is -3.28. The first-order valence-electron chi connectivity index (χ1n) is 11.2. The van der Waals surface area contributed by atoms with E-state index in [1.54, 1.807) is 18.2 Å². The van der Waals surface area contributed by atoms with Crippen molar-refractivity contribution in [2.45, 2.75) is 12.8 Å². The van der Waals surface area contributed by atoms with E-state index in [0.717, 1.165) is 34.9 Å². The average molecular weight is 492 g/mol. The summed E-state index contributed by atoms with van der Waals surface area (Å²) in [5.74, 6) is -0.373. The van der Waals surface area contributed by atoms with Crippen LogP contribution in [0.15, 0.2) is 77.6 Å². The van der Waals surface area contributed by atoms with Crippen LogP contribution >= 0.6 is 23.2 Å². The Morgan fingerprint density at radius 2 is 1.76 bits per heavy atom. The van der Waals surface area contributed by atoms with Gasteiger partial charge in [-0.25, -0.2) is 0 Å². The summed E-state index contributed by atoms with van der Waals surface area (Å²) in [6, 6.07) is 22.5. The Bertz CT molecular complexity index is 1420. The summed E-state index contributed by atoms with van der Waals surface area (Å²) in [5.41, 5.74) is 3.46. The van der Waals surface area contributed by atoms with E-state index < -0.39 is 0 Å². The highest BCUT2D eigenvalue weighted by Crippen LogP contribution is 2.37. The highest BCUT2D eigenvalue weighted by atomic mass is 35.5. The molecule has 172 valence electrons. The number of pyridine rings is 1. The number of halogens is 2. The molecule has 0 spiro atoms. The Labute approximate surface area is 207 Å². The van der Waals surface area contributed by atoms with Crippen molar-refractivity contribution in [3.05, 3.63) is 93.2 Å². The fourth-order valence-electron chi connectivity index (χ4n) is 4.65. The van der Waals surface area contributed by atoms with Gasteiger partial charge in [-0.05, 0) is 48.7 Å². The predicted molar refractivity (Wildman–Crippen MR) is 140 cm³/mol. The lowest BCUT2D eigenvalue weighted by Gasteiger charge is -2.34. The van der Waals surface area contributed by atoms with Crippen LogP contribution in [0.2, 0.25) is 10.0 Å². The van der Waals surface area contributed by atoms with Crippen LogP contribution in [0.3, 0.4) is 0 Å². The molecule has 3 aromatic carbocycles. The maximum atomic E-state index is 13.4. The molecule has 1 aliphatic heterocycles. The van der Waals surface area contributed by atoms with E-state index in [1.807, 2.05) is 59.5 Å². The van der Waals surface area contributed by atoms with Gasteiger partial charge in [-0.15, -0.1) is 0 Å². The summed E-state index contributed by atoms with van der Waals surface area (Å²) in [5, 5.41) is 4.91. The van der Waals surface area contributed by atoms with Crippen molar-refractivity contribution in [2.24, 2.45) is 5.92 Å². The first-order chi connectivity index (χ1) is 16.5. The van der Waals surface area contributed by atoms with Crippen LogP contribution in [-0.2, 0) is 4.79 Å². The highest BCUT2D eigenvalue weighted by molar-refractivity contribution is 6.33. The van der Waals surface area contributed by atoms with Crippen molar-refractivity contribution in [3.8, 4) is 11.1 Å². The van der Waals surface area contributed by atoms with Crippen molar-refractivity contribution in [1.82, 2.24) is 4.98 Å². The summed E-state index contributed by atoms with van der Waals surface area (Å²) in [6.07, 6.45) is 1.53. The summed E-state index contributed by atoms with van der Waals surface area (Å²) in [4.78, 5) is 31.5. The van der Waals surface area contributed by atoms with Gasteiger partial charge in [-0.1, -0.05) is 65.7 Å². The second-order valence-corrected chi connectivity index (χ2v) is 9.33. The van der Waals surface area contributed by atoms with E-state index >= 15 is 0 Å². The molecule has 1 aromatic heterocycles. The molecule has 0 saturated carbocycles. The topological polar surface area (TPSA) is 65.2 Å². The number of hydrogen-bond donors (Lipinski definition) is 2. The molecule has 0 unspecified atom stereocenters. The molecular formula is C27H23Cl2N3O2. The summed E-state index contributed by atoms with van der Waals surface area (Å²) < 4.78 is 0. The number of rotatable bonds is 4. The third-order valence-electron chi connectivity index (χ3n) is 6.25. The zero-order chi connectivity index (χ0) is 23.7. The lowest BCUT2D eigenvalue weighted by molar-refractivity contribution is -0.120. The number of fused-ring (bicyclic) bond motifs is 1. The van der Waals surface area contributed by atoms with Crippen LogP contribution in [-0.4, -0.2) is 24.0 Å². The maximum absolute atomic E-state index is 13.4. The van der Waals surface area contributed by atoms with Gasteiger partial charge in [-0.3, -0.25) is 9.59 Å². The zero-order valence-corrected chi connectivity index (χ0v) is 19.9. The van der Waals surface area contributed by atoms with Crippen LogP contribution in [0.5, 0.6) is 0 Å². The highest BCUT2D eigenvalue weighted by Gasteiger charge is 2.30. The molecule has 0 aliphatic carbocycles. The number of piperidine rings is 1. The SMILES string of the molecule is O=C(Nc1ccccc1Cl)[C@H]1CCCN(c2c(-c3ccccc3)c3cc(Cl)ccc3[nH]c2=O)C1. The van der Waals surface area contributed by atoms with Crippen molar-refractivity contribution < 1.29 is 4.79 Å². The summed E-state index contributed by atoms with van der Waals surface area (Å²) in [6.45, 7) is 1.12. The van der Waals surface area contributed by atoms with Crippen LogP contribution in [0.4, 0.5) is 11.4 Å². The number of carbonyl (C=O) groups is 1. The van der Waals surface area contributed by atoms with Gasteiger partial charge in [0.15, 0.2) is 0 Å². The van der Waals surface area contributed by atoms with E-state index in [9.17, 15) is 9.59 Å². The third-order valence-corrected chi connectivity index (χ3v) is 6.82. The second-order valence-electron chi connectivity index (χ2n) is 8.49. The second kappa shape index (κ2) is 9.53. The van der Waals surface area contributed by atoms with E-state index in [1.165, 1.54) is 0 Å². The first-order valence-corrected chi connectivity index (χ1v) is 12.0. The molecule has 1 amide bonds. The molecule has 1 aliphatic rings. The number of carbonyl (C=O) groups excluding carboxylic acids is 1. The number of aromatic nitrogens is 1. The molecule has 2 N–H and O–H groups in total. The van der Waals surface area contributed by atoms with Gasteiger partial charge in [0, 0.05) is 34.6 Å². The number of nitrogens with zero attached hydrogens (tertiary/aromatic N) is 1.